The van der Waals surface area contributed by atoms with Gasteiger partial charge in [-0.3, -0.25) is 9.88 Å². The minimum absolute atomic E-state index is 0.719. The van der Waals surface area contributed by atoms with Crippen molar-refractivity contribution in [1.29, 1.82) is 0 Å². The van der Waals surface area contributed by atoms with Crippen LogP contribution in [0.3, 0.4) is 0 Å². The summed E-state index contributed by atoms with van der Waals surface area (Å²) in [7, 11) is 0. The van der Waals surface area contributed by atoms with Gasteiger partial charge in [0.05, 0.1) is 0 Å². The molecule has 1 heterocycles. The van der Waals surface area contributed by atoms with Crippen molar-refractivity contribution in [3.05, 3.63) is 65.5 Å². The van der Waals surface area contributed by atoms with Crippen molar-refractivity contribution in [3.63, 3.8) is 0 Å². The van der Waals surface area contributed by atoms with Gasteiger partial charge in [0.2, 0.25) is 0 Å². The first kappa shape index (κ1) is 16.0. The van der Waals surface area contributed by atoms with E-state index in [-0.39, 0.29) is 0 Å². The summed E-state index contributed by atoms with van der Waals surface area (Å²) in [5.41, 5.74) is 4.05. The minimum atomic E-state index is 0.719. The molecular weight excluding hydrogens is 280 g/mol. The van der Waals surface area contributed by atoms with Gasteiger partial charge in [-0.15, -0.1) is 11.6 Å². The summed E-state index contributed by atoms with van der Waals surface area (Å²) in [6.45, 7) is 5.25. The zero-order chi connectivity index (χ0) is 14.9. The summed E-state index contributed by atoms with van der Waals surface area (Å²) < 4.78 is 0. The fourth-order valence-corrected chi connectivity index (χ4v) is 2.53. The summed E-state index contributed by atoms with van der Waals surface area (Å²) in [5, 5.41) is 0. The maximum Gasteiger partial charge on any atom is 0.0300 e. The maximum atomic E-state index is 5.86. The second kappa shape index (κ2) is 8.81. The number of alkyl halides is 1. The summed E-state index contributed by atoms with van der Waals surface area (Å²) >= 11 is 5.86. The predicted molar refractivity (Wildman–Crippen MR) is 89.7 cm³/mol. The molecule has 0 saturated carbocycles. The van der Waals surface area contributed by atoms with Gasteiger partial charge in [0.25, 0.3) is 0 Å². The molecule has 0 aliphatic heterocycles. The van der Waals surface area contributed by atoms with E-state index in [4.69, 9.17) is 11.6 Å². The van der Waals surface area contributed by atoms with E-state index in [1.54, 1.807) is 0 Å². The maximum absolute atomic E-state index is 5.86. The van der Waals surface area contributed by atoms with Crippen LogP contribution in [0.5, 0.6) is 0 Å². The minimum Gasteiger partial charge on any atom is -0.299 e. The van der Waals surface area contributed by atoms with Crippen molar-refractivity contribution in [1.82, 2.24) is 9.88 Å². The molecule has 21 heavy (non-hydrogen) atoms. The molecule has 0 N–H and O–H groups in total. The molecule has 0 fully saturated rings. The van der Waals surface area contributed by atoms with E-state index in [1.807, 2.05) is 18.5 Å². The van der Waals surface area contributed by atoms with Crippen LogP contribution in [0, 0.1) is 6.92 Å². The molecule has 0 saturated heterocycles. The Morgan fingerprint density at radius 3 is 2.67 bits per heavy atom. The highest BCUT2D eigenvalue weighted by atomic mass is 35.5. The van der Waals surface area contributed by atoms with E-state index >= 15 is 0 Å². The van der Waals surface area contributed by atoms with Crippen LogP contribution in [-0.4, -0.2) is 28.9 Å². The van der Waals surface area contributed by atoms with E-state index in [0.717, 1.165) is 38.4 Å². The second-order valence-electron chi connectivity index (χ2n) is 5.36. The summed E-state index contributed by atoms with van der Waals surface area (Å²) in [5.74, 6) is 0.719. The van der Waals surface area contributed by atoms with E-state index in [0.29, 0.717) is 0 Å². The third-order valence-corrected chi connectivity index (χ3v) is 3.97. The first-order chi connectivity index (χ1) is 10.3. The Labute approximate surface area is 132 Å². The number of pyridine rings is 1. The van der Waals surface area contributed by atoms with E-state index < -0.39 is 0 Å². The van der Waals surface area contributed by atoms with Crippen LogP contribution in [0.15, 0.2) is 48.8 Å². The highest BCUT2D eigenvalue weighted by molar-refractivity contribution is 6.17. The Balaban J connectivity index is 1.96. The van der Waals surface area contributed by atoms with E-state index in [2.05, 4.69) is 47.1 Å². The summed E-state index contributed by atoms with van der Waals surface area (Å²) in [6.07, 6.45) is 5.83. The van der Waals surface area contributed by atoms with Gasteiger partial charge in [0.1, 0.15) is 0 Å². The first-order valence-corrected chi connectivity index (χ1v) is 8.05. The van der Waals surface area contributed by atoms with Crippen LogP contribution in [0.25, 0.3) is 0 Å². The van der Waals surface area contributed by atoms with Crippen molar-refractivity contribution < 1.29 is 0 Å². The Morgan fingerprint density at radius 1 is 1.10 bits per heavy atom. The van der Waals surface area contributed by atoms with Gasteiger partial charge in [-0.1, -0.05) is 30.3 Å². The van der Waals surface area contributed by atoms with Crippen LogP contribution < -0.4 is 0 Å². The largest absolute Gasteiger partial charge is 0.299 e. The monoisotopic (exact) mass is 302 g/mol. The number of hydrogen-bond acceptors (Lipinski definition) is 2. The van der Waals surface area contributed by atoms with Crippen LogP contribution in [0.4, 0.5) is 0 Å². The third kappa shape index (κ3) is 5.49. The fourth-order valence-electron chi connectivity index (χ4n) is 2.41. The molecular formula is C18H23ClN2. The third-order valence-electron chi connectivity index (χ3n) is 3.70. The predicted octanol–water partition coefficient (Wildman–Crippen LogP) is 4.06. The van der Waals surface area contributed by atoms with Gasteiger partial charge in [-0.25, -0.2) is 0 Å². The summed E-state index contributed by atoms with van der Waals surface area (Å²) in [6, 6.07) is 12.7. The van der Waals surface area contributed by atoms with Crippen LogP contribution in [0.1, 0.15) is 23.1 Å². The molecule has 0 radical (unpaired) electrons. The Morgan fingerprint density at radius 2 is 1.95 bits per heavy atom. The van der Waals surface area contributed by atoms with Crippen molar-refractivity contribution >= 4 is 11.6 Å². The molecule has 2 nitrogen and oxygen atoms in total. The lowest BCUT2D eigenvalue weighted by Gasteiger charge is -2.23. The molecule has 0 bridgehead atoms. The smallest absolute Gasteiger partial charge is 0.0300 e. The molecule has 0 amide bonds. The lowest BCUT2D eigenvalue weighted by atomic mass is 10.1. The summed E-state index contributed by atoms with van der Waals surface area (Å²) in [4.78, 5) is 6.67. The topological polar surface area (TPSA) is 16.1 Å². The molecule has 3 heteroatoms. The number of benzene rings is 1. The van der Waals surface area contributed by atoms with Gasteiger partial charge in [-0.2, -0.15) is 0 Å². The molecule has 0 aliphatic carbocycles. The van der Waals surface area contributed by atoms with Crippen LogP contribution in [0.2, 0.25) is 0 Å². The zero-order valence-electron chi connectivity index (χ0n) is 12.6. The number of rotatable bonds is 8. The van der Waals surface area contributed by atoms with Gasteiger partial charge in [-0.05, 0) is 49.1 Å². The highest BCUT2D eigenvalue weighted by Crippen LogP contribution is 2.12. The van der Waals surface area contributed by atoms with Gasteiger partial charge >= 0.3 is 0 Å². The van der Waals surface area contributed by atoms with Crippen LogP contribution in [-0.2, 0) is 13.0 Å². The lowest BCUT2D eigenvalue weighted by Crippen LogP contribution is -2.27. The Bertz CT molecular complexity index is 528. The van der Waals surface area contributed by atoms with Crippen LogP contribution >= 0.6 is 11.6 Å². The molecule has 2 aromatic rings. The molecule has 0 aliphatic rings. The molecule has 1 aromatic heterocycles. The van der Waals surface area contributed by atoms with Crippen molar-refractivity contribution in [3.8, 4) is 0 Å². The molecule has 0 unspecified atom stereocenters. The van der Waals surface area contributed by atoms with Crippen molar-refractivity contribution in [2.75, 3.05) is 19.0 Å². The highest BCUT2D eigenvalue weighted by Gasteiger charge is 2.08. The van der Waals surface area contributed by atoms with Gasteiger partial charge < -0.3 is 0 Å². The normalized spacial score (nSPS) is 11.0. The molecule has 0 atom stereocenters. The average Bonchev–Trinajstić information content (AvgIpc) is 2.53. The quantitative estimate of drug-likeness (QED) is 0.684. The standard InChI is InChI=1S/C18H23ClN2/c1-16-6-2-3-8-18(16)15-21(12-5-10-19)13-9-17-7-4-11-20-14-17/h2-4,6-8,11,14H,5,9-10,12-13,15H2,1H3. The molecule has 1 aromatic carbocycles. The number of aryl methyl sites for hydroxylation is 1. The van der Waals surface area contributed by atoms with Gasteiger partial charge in [0, 0.05) is 31.4 Å². The molecule has 2 rings (SSSR count). The lowest BCUT2D eigenvalue weighted by molar-refractivity contribution is 0.269. The first-order valence-electron chi connectivity index (χ1n) is 7.51. The second-order valence-corrected chi connectivity index (χ2v) is 5.73. The Hall–Kier alpha value is -1.38. The Kier molecular flexibility index (Phi) is 6.71. The van der Waals surface area contributed by atoms with Crippen molar-refractivity contribution in [2.24, 2.45) is 0 Å². The number of nitrogens with zero attached hydrogens (tertiary/aromatic N) is 2. The number of halogens is 1. The average molecular weight is 303 g/mol. The zero-order valence-corrected chi connectivity index (χ0v) is 13.4. The van der Waals surface area contributed by atoms with Gasteiger partial charge in [0.15, 0.2) is 0 Å². The number of aromatic nitrogens is 1. The number of hydrogen-bond donors (Lipinski definition) is 0. The van der Waals surface area contributed by atoms with Crippen molar-refractivity contribution in [2.45, 2.75) is 26.3 Å². The van der Waals surface area contributed by atoms with E-state index in [9.17, 15) is 0 Å². The van der Waals surface area contributed by atoms with E-state index in [1.165, 1.54) is 16.7 Å². The molecule has 112 valence electrons. The molecule has 0 spiro atoms. The SMILES string of the molecule is Cc1ccccc1CN(CCCCl)CCc1cccnc1. The fraction of sp³-hybridized carbons (Fsp3) is 0.389.